The van der Waals surface area contributed by atoms with Gasteiger partial charge in [-0.15, -0.1) is 0 Å². The summed E-state index contributed by atoms with van der Waals surface area (Å²) in [6, 6.07) is 1.96. The van der Waals surface area contributed by atoms with Crippen molar-refractivity contribution in [2.75, 3.05) is 6.54 Å². The van der Waals surface area contributed by atoms with Crippen LogP contribution in [-0.4, -0.2) is 16.3 Å². The van der Waals surface area contributed by atoms with Crippen molar-refractivity contribution in [2.24, 2.45) is 0 Å². The van der Waals surface area contributed by atoms with Gasteiger partial charge in [-0.25, -0.2) is 0 Å². The van der Waals surface area contributed by atoms with Crippen molar-refractivity contribution in [2.45, 2.75) is 46.2 Å². The maximum Gasteiger partial charge on any atom is 0.197 e. The van der Waals surface area contributed by atoms with Gasteiger partial charge in [0.05, 0.1) is 22.7 Å². The highest BCUT2D eigenvalue weighted by Crippen LogP contribution is 2.30. The molecule has 0 bridgehead atoms. The molecule has 21 heavy (non-hydrogen) atoms. The number of rotatable bonds is 7. The Kier molecular flexibility index (Phi) is 5.73. The van der Waals surface area contributed by atoms with Crippen LogP contribution in [0.25, 0.3) is 0 Å². The number of hydrogen-bond donors (Lipinski definition) is 1. The molecule has 1 atom stereocenters. The Morgan fingerprint density at radius 2 is 2.10 bits per heavy atom. The van der Waals surface area contributed by atoms with Crippen molar-refractivity contribution in [1.82, 2.24) is 15.1 Å². The lowest BCUT2D eigenvalue weighted by atomic mass is 10.0. The minimum atomic E-state index is 0.0606. The molecule has 0 radical (unpaired) electrons. The lowest BCUT2D eigenvalue weighted by Gasteiger charge is -2.17. The van der Waals surface area contributed by atoms with Gasteiger partial charge in [-0.05, 0) is 37.6 Å². The van der Waals surface area contributed by atoms with Crippen LogP contribution < -0.4 is 5.32 Å². The first-order valence-electron chi connectivity index (χ1n) is 7.32. The molecule has 0 aliphatic heterocycles. The molecule has 0 amide bonds. The lowest BCUT2D eigenvalue weighted by molar-refractivity contribution is 0.504. The lowest BCUT2D eigenvalue weighted by Crippen LogP contribution is -2.24. The summed E-state index contributed by atoms with van der Waals surface area (Å²) < 4.78 is 7.18. The first-order chi connectivity index (χ1) is 10.1. The Bertz CT molecular complexity index is 592. The number of aryl methyl sites for hydroxylation is 2. The summed E-state index contributed by atoms with van der Waals surface area (Å²) in [5.74, 6) is 0. The zero-order valence-electron chi connectivity index (χ0n) is 12.6. The third-order valence-electron chi connectivity index (χ3n) is 3.56. The average molecular weight is 330 g/mol. The Morgan fingerprint density at radius 1 is 1.33 bits per heavy atom. The van der Waals surface area contributed by atoms with Crippen LogP contribution >= 0.6 is 23.2 Å². The molecule has 4 nitrogen and oxygen atoms in total. The van der Waals surface area contributed by atoms with E-state index in [1.54, 1.807) is 6.26 Å². The van der Waals surface area contributed by atoms with Gasteiger partial charge < -0.3 is 9.73 Å². The van der Waals surface area contributed by atoms with Crippen molar-refractivity contribution in [1.29, 1.82) is 0 Å². The molecule has 0 saturated heterocycles. The fourth-order valence-electron chi connectivity index (χ4n) is 2.50. The van der Waals surface area contributed by atoms with Crippen LogP contribution in [0.1, 0.15) is 43.8 Å². The smallest absolute Gasteiger partial charge is 0.197 e. The molecule has 0 aliphatic carbocycles. The van der Waals surface area contributed by atoms with E-state index in [4.69, 9.17) is 27.6 Å². The van der Waals surface area contributed by atoms with Crippen LogP contribution in [-0.2, 0) is 19.4 Å². The second-order valence-corrected chi connectivity index (χ2v) is 5.56. The zero-order valence-corrected chi connectivity index (χ0v) is 14.1. The average Bonchev–Trinajstić information content (AvgIpc) is 3.03. The van der Waals surface area contributed by atoms with Gasteiger partial charge in [0.15, 0.2) is 5.22 Å². The fraction of sp³-hybridized carbons (Fsp3) is 0.533. The number of nitrogens with one attached hydrogen (secondary N) is 1. The van der Waals surface area contributed by atoms with Gasteiger partial charge in [0.25, 0.3) is 0 Å². The Labute approximate surface area is 135 Å². The molecular weight excluding hydrogens is 309 g/mol. The van der Waals surface area contributed by atoms with Gasteiger partial charge in [0.1, 0.15) is 0 Å². The largest absolute Gasteiger partial charge is 0.453 e. The van der Waals surface area contributed by atoms with Gasteiger partial charge in [-0.3, -0.25) is 4.68 Å². The number of halogens is 2. The quantitative estimate of drug-likeness (QED) is 0.825. The van der Waals surface area contributed by atoms with E-state index < -0.39 is 0 Å². The SMILES string of the molecule is CCNC(Cc1c(Cl)c(CC)nn1CC)c1ccoc1Cl. The van der Waals surface area contributed by atoms with Gasteiger partial charge in [-0.1, -0.05) is 25.4 Å². The number of aromatic nitrogens is 2. The van der Waals surface area contributed by atoms with Gasteiger partial charge in [0.2, 0.25) is 0 Å². The summed E-state index contributed by atoms with van der Waals surface area (Å²) in [4.78, 5) is 0. The first kappa shape index (κ1) is 16.4. The van der Waals surface area contributed by atoms with Crippen LogP contribution in [0.5, 0.6) is 0 Å². The molecule has 1 N–H and O–H groups in total. The third kappa shape index (κ3) is 3.44. The molecule has 116 valence electrons. The highest BCUT2D eigenvalue weighted by Gasteiger charge is 2.22. The summed E-state index contributed by atoms with van der Waals surface area (Å²) in [5.41, 5.74) is 2.94. The first-order valence-corrected chi connectivity index (χ1v) is 8.08. The summed E-state index contributed by atoms with van der Waals surface area (Å²) in [5, 5.41) is 9.19. The maximum atomic E-state index is 6.49. The Balaban J connectivity index is 2.33. The number of hydrogen-bond acceptors (Lipinski definition) is 3. The Hall–Kier alpha value is -0.970. The molecular formula is C15H21Cl2N3O. The van der Waals surface area contributed by atoms with Crippen LogP contribution in [0, 0.1) is 0 Å². The standard InChI is InChI=1S/C15H21Cl2N3O/c1-4-11-14(16)13(20(6-3)19-11)9-12(18-5-2)10-7-8-21-15(10)17/h7-8,12,18H,4-6,9H2,1-3H3. The number of nitrogens with zero attached hydrogens (tertiary/aromatic N) is 2. The second kappa shape index (κ2) is 7.34. The summed E-state index contributed by atoms with van der Waals surface area (Å²) >= 11 is 12.6. The van der Waals surface area contributed by atoms with E-state index in [1.807, 2.05) is 10.7 Å². The van der Waals surface area contributed by atoms with Gasteiger partial charge in [0, 0.05) is 24.6 Å². The van der Waals surface area contributed by atoms with Crippen molar-refractivity contribution < 1.29 is 4.42 Å². The van der Waals surface area contributed by atoms with Crippen LogP contribution in [0.3, 0.4) is 0 Å². The fourth-order valence-corrected chi connectivity index (χ4v) is 3.09. The summed E-state index contributed by atoms with van der Waals surface area (Å²) in [7, 11) is 0. The molecule has 2 heterocycles. The molecule has 2 aromatic rings. The Morgan fingerprint density at radius 3 is 2.62 bits per heavy atom. The minimum Gasteiger partial charge on any atom is -0.453 e. The molecule has 0 aromatic carbocycles. The van der Waals surface area contributed by atoms with E-state index in [1.165, 1.54) is 0 Å². The van der Waals surface area contributed by atoms with E-state index in [2.05, 4.69) is 31.2 Å². The molecule has 0 saturated carbocycles. The highest BCUT2D eigenvalue weighted by atomic mass is 35.5. The summed E-state index contributed by atoms with van der Waals surface area (Å²) in [6.07, 6.45) is 3.17. The van der Waals surface area contributed by atoms with Crippen LogP contribution in [0.15, 0.2) is 16.7 Å². The monoisotopic (exact) mass is 329 g/mol. The summed E-state index contributed by atoms with van der Waals surface area (Å²) in [6.45, 7) is 7.83. The predicted octanol–water partition coefficient (Wildman–Crippen LogP) is 4.26. The molecule has 0 fully saturated rings. The number of likely N-dealkylation sites (N-methyl/N-ethyl adjacent to an activating group) is 1. The normalized spacial score (nSPS) is 12.8. The van der Waals surface area contributed by atoms with Crippen molar-refractivity contribution >= 4 is 23.2 Å². The van der Waals surface area contributed by atoms with Crippen molar-refractivity contribution in [3.05, 3.63) is 39.5 Å². The van der Waals surface area contributed by atoms with Crippen LogP contribution in [0.4, 0.5) is 0 Å². The van der Waals surface area contributed by atoms with Gasteiger partial charge in [-0.2, -0.15) is 5.10 Å². The third-order valence-corrected chi connectivity index (χ3v) is 4.31. The van der Waals surface area contributed by atoms with E-state index >= 15 is 0 Å². The van der Waals surface area contributed by atoms with Gasteiger partial charge >= 0.3 is 0 Å². The molecule has 2 rings (SSSR count). The minimum absolute atomic E-state index is 0.0606. The molecule has 6 heteroatoms. The predicted molar refractivity (Wildman–Crippen MR) is 86.1 cm³/mol. The van der Waals surface area contributed by atoms with E-state index in [0.29, 0.717) is 5.22 Å². The zero-order chi connectivity index (χ0) is 15.4. The maximum absolute atomic E-state index is 6.49. The highest BCUT2D eigenvalue weighted by molar-refractivity contribution is 6.32. The molecule has 1 unspecified atom stereocenters. The van der Waals surface area contributed by atoms with E-state index in [0.717, 1.165) is 47.9 Å². The molecule has 2 aromatic heterocycles. The van der Waals surface area contributed by atoms with Crippen molar-refractivity contribution in [3.8, 4) is 0 Å². The van der Waals surface area contributed by atoms with E-state index in [9.17, 15) is 0 Å². The number of furan rings is 1. The van der Waals surface area contributed by atoms with Crippen LogP contribution in [0.2, 0.25) is 10.2 Å². The topological polar surface area (TPSA) is 43.0 Å². The molecule has 0 spiro atoms. The molecule has 0 aliphatic rings. The second-order valence-electron chi connectivity index (χ2n) is 4.84. The van der Waals surface area contributed by atoms with E-state index in [-0.39, 0.29) is 6.04 Å². The van der Waals surface area contributed by atoms with Crippen molar-refractivity contribution in [3.63, 3.8) is 0 Å².